The van der Waals surface area contributed by atoms with E-state index in [2.05, 4.69) is 28.6 Å². The number of carbonyl (C=O) groups excluding carboxylic acids is 3. The van der Waals surface area contributed by atoms with E-state index >= 15 is 0 Å². The Balaban J connectivity index is 1.59. The molecule has 0 saturated heterocycles. The molecule has 39 heavy (non-hydrogen) atoms. The minimum Gasteiger partial charge on any atom is -0.497 e. The van der Waals surface area contributed by atoms with Crippen LogP contribution in [0.1, 0.15) is 16.7 Å². The highest BCUT2D eigenvalue weighted by molar-refractivity contribution is 7.81. The van der Waals surface area contributed by atoms with Crippen LogP contribution in [0.3, 0.4) is 0 Å². The Bertz CT molecular complexity index is 1140. The predicted octanol–water partition coefficient (Wildman–Crippen LogP) is 2.75. The average molecular weight is 550 g/mol. The van der Waals surface area contributed by atoms with Crippen molar-refractivity contribution < 1.29 is 23.9 Å². The molecule has 9 heteroatoms. The number of carbonyl (C=O) groups is 3. The summed E-state index contributed by atoms with van der Waals surface area (Å²) in [4.78, 5) is 39.0. The van der Waals surface area contributed by atoms with Gasteiger partial charge in [0.05, 0.1) is 19.5 Å². The molecule has 3 amide bonds. The summed E-state index contributed by atoms with van der Waals surface area (Å²) in [7, 11) is 3.20. The molecule has 0 aliphatic carbocycles. The molecule has 8 nitrogen and oxygen atoms in total. The topological polar surface area (TPSA) is 106 Å². The zero-order valence-corrected chi connectivity index (χ0v) is 23.1. The number of thiol groups is 1. The Morgan fingerprint density at radius 2 is 1.13 bits per heavy atom. The van der Waals surface area contributed by atoms with Crippen molar-refractivity contribution in [2.45, 2.75) is 30.6 Å². The van der Waals surface area contributed by atoms with E-state index in [0.717, 1.165) is 28.2 Å². The largest absolute Gasteiger partial charge is 0.497 e. The van der Waals surface area contributed by atoms with Crippen molar-refractivity contribution >= 4 is 30.4 Å². The van der Waals surface area contributed by atoms with Gasteiger partial charge in [-0.15, -0.1) is 0 Å². The highest BCUT2D eigenvalue weighted by atomic mass is 32.1. The first kappa shape index (κ1) is 29.6. The summed E-state index contributed by atoms with van der Waals surface area (Å²) in [6, 6.07) is 23.0. The fourth-order valence-corrected chi connectivity index (χ4v) is 4.15. The molecule has 0 radical (unpaired) electrons. The van der Waals surface area contributed by atoms with E-state index in [1.165, 1.54) is 0 Å². The fourth-order valence-electron chi connectivity index (χ4n) is 3.87. The molecule has 3 rings (SSSR count). The van der Waals surface area contributed by atoms with Gasteiger partial charge in [-0.3, -0.25) is 14.4 Å². The third-order valence-electron chi connectivity index (χ3n) is 6.13. The highest BCUT2D eigenvalue weighted by Gasteiger charge is 2.30. The van der Waals surface area contributed by atoms with Gasteiger partial charge in [0, 0.05) is 13.1 Å². The van der Waals surface area contributed by atoms with Crippen LogP contribution in [0.15, 0.2) is 78.9 Å². The van der Waals surface area contributed by atoms with Crippen LogP contribution in [0.4, 0.5) is 0 Å². The Labute approximate surface area is 234 Å². The molecule has 0 aliphatic heterocycles. The molecule has 0 fully saturated rings. The van der Waals surface area contributed by atoms with E-state index in [1.54, 1.807) is 14.2 Å². The van der Waals surface area contributed by atoms with Gasteiger partial charge in [0.15, 0.2) is 6.04 Å². The van der Waals surface area contributed by atoms with E-state index in [-0.39, 0.29) is 0 Å². The van der Waals surface area contributed by atoms with Crippen LogP contribution in [0.5, 0.6) is 11.5 Å². The number of benzene rings is 3. The molecule has 3 aromatic carbocycles. The van der Waals surface area contributed by atoms with Crippen LogP contribution in [-0.2, 0) is 33.6 Å². The van der Waals surface area contributed by atoms with Crippen molar-refractivity contribution in [2.24, 2.45) is 0 Å². The summed E-state index contributed by atoms with van der Waals surface area (Å²) in [5, 5.41) is 7.41. The third kappa shape index (κ3) is 9.68. The first-order valence-electron chi connectivity index (χ1n) is 12.7. The normalized spacial score (nSPS) is 11.4. The first-order chi connectivity index (χ1) is 18.9. The smallest absolute Gasteiger partial charge is 0.252 e. The Hall–Kier alpha value is -3.98. The van der Waals surface area contributed by atoms with Crippen molar-refractivity contribution in [3.8, 4) is 11.5 Å². The van der Waals surface area contributed by atoms with Gasteiger partial charge in [0.2, 0.25) is 5.91 Å². The number of methoxy groups -OCH3 is 2. The highest BCUT2D eigenvalue weighted by Crippen LogP contribution is 2.13. The molecule has 206 valence electrons. The fraction of sp³-hybridized carbons (Fsp3) is 0.300. The van der Waals surface area contributed by atoms with E-state index < -0.39 is 29.0 Å². The van der Waals surface area contributed by atoms with Gasteiger partial charge in [0.25, 0.3) is 11.8 Å². The number of amides is 3. The van der Waals surface area contributed by atoms with Crippen LogP contribution in [0.2, 0.25) is 0 Å². The molecule has 1 atom stereocenters. The van der Waals surface area contributed by atoms with Crippen LogP contribution < -0.4 is 25.4 Å². The standard InChI is InChI=1S/C30H35N3O5S/c1-37-24-12-8-21(9-13-24)16-18-31-29(35)27(33-28(34)26(39)20-23-6-4-3-5-7-23)30(36)32-19-17-22-10-14-25(38-2)15-11-22/h3-15,26-27,39H,16-20H2,1-2H3,(H,31,35)(H,32,36)(H,33,34). The molecule has 0 heterocycles. The summed E-state index contributed by atoms with van der Waals surface area (Å²) < 4.78 is 10.3. The second kappa shape index (κ2) is 15.4. The molecule has 1 unspecified atom stereocenters. The molecule has 3 N–H and O–H groups in total. The first-order valence-corrected chi connectivity index (χ1v) is 13.2. The van der Waals surface area contributed by atoms with Gasteiger partial charge in [-0.2, -0.15) is 12.6 Å². The lowest BCUT2D eigenvalue weighted by molar-refractivity contribution is -0.136. The van der Waals surface area contributed by atoms with E-state index in [1.807, 2.05) is 78.9 Å². The van der Waals surface area contributed by atoms with Crippen molar-refractivity contribution in [1.82, 2.24) is 16.0 Å². The maximum atomic E-state index is 13.0. The van der Waals surface area contributed by atoms with Crippen molar-refractivity contribution in [1.29, 1.82) is 0 Å². The molecular weight excluding hydrogens is 514 g/mol. The van der Waals surface area contributed by atoms with Crippen molar-refractivity contribution in [3.05, 3.63) is 95.6 Å². The molecule has 0 saturated carbocycles. The van der Waals surface area contributed by atoms with Crippen LogP contribution >= 0.6 is 12.6 Å². The van der Waals surface area contributed by atoms with Gasteiger partial charge in [0.1, 0.15) is 11.5 Å². The monoisotopic (exact) mass is 549 g/mol. The van der Waals surface area contributed by atoms with Crippen LogP contribution in [-0.4, -0.2) is 56.3 Å². The van der Waals surface area contributed by atoms with E-state index in [4.69, 9.17) is 9.47 Å². The molecule has 3 aromatic rings. The molecule has 0 bridgehead atoms. The number of hydrogen-bond acceptors (Lipinski definition) is 6. The summed E-state index contributed by atoms with van der Waals surface area (Å²) >= 11 is 4.42. The minimum absolute atomic E-state index is 0.297. The quantitative estimate of drug-likeness (QED) is 0.183. The lowest BCUT2D eigenvalue weighted by Crippen LogP contribution is -2.57. The molecule has 0 aliphatic rings. The SMILES string of the molecule is COc1ccc(CCNC(=O)C(NC(=O)C(S)Cc2ccccc2)C(=O)NCCc2ccc(OC)cc2)cc1. The van der Waals surface area contributed by atoms with E-state index in [9.17, 15) is 14.4 Å². The molecule has 0 spiro atoms. The maximum absolute atomic E-state index is 13.0. The second-order valence-electron chi connectivity index (χ2n) is 8.93. The lowest BCUT2D eigenvalue weighted by atomic mass is 10.1. The van der Waals surface area contributed by atoms with Crippen molar-refractivity contribution in [3.63, 3.8) is 0 Å². The zero-order chi connectivity index (χ0) is 28.0. The summed E-state index contributed by atoms with van der Waals surface area (Å²) in [5.41, 5.74) is 2.93. The number of nitrogens with one attached hydrogen (secondary N) is 3. The molecule has 0 aromatic heterocycles. The van der Waals surface area contributed by atoms with Gasteiger partial charge in [-0.25, -0.2) is 0 Å². The number of ether oxygens (including phenoxy) is 2. The second-order valence-corrected chi connectivity index (χ2v) is 9.55. The maximum Gasteiger partial charge on any atom is 0.252 e. The summed E-state index contributed by atoms with van der Waals surface area (Å²) in [6.45, 7) is 0.593. The Morgan fingerprint density at radius 3 is 1.56 bits per heavy atom. The third-order valence-corrected chi connectivity index (χ3v) is 6.55. The van der Waals surface area contributed by atoms with Gasteiger partial charge in [-0.1, -0.05) is 54.6 Å². The average Bonchev–Trinajstić information content (AvgIpc) is 2.96. The summed E-state index contributed by atoms with van der Waals surface area (Å²) in [6.07, 6.45) is 1.47. The van der Waals surface area contributed by atoms with Crippen molar-refractivity contribution in [2.75, 3.05) is 27.3 Å². The van der Waals surface area contributed by atoms with Gasteiger partial charge in [-0.05, 0) is 60.2 Å². The Morgan fingerprint density at radius 1 is 0.667 bits per heavy atom. The zero-order valence-electron chi connectivity index (χ0n) is 22.2. The number of hydrogen-bond donors (Lipinski definition) is 4. The van der Waals surface area contributed by atoms with Gasteiger partial charge >= 0.3 is 0 Å². The minimum atomic E-state index is -1.39. The lowest BCUT2D eigenvalue weighted by Gasteiger charge is -2.20. The Kier molecular flexibility index (Phi) is 11.7. The number of rotatable bonds is 14. The van der Waals surface area contributed by atoms with Gasteiger partial charge < -0.3 is 25.4 Å². The summed E-state index contributed by atoms with van der Waals surface area (Å²) in [5.74, 6) is -0.178. The predicted molar refractivity (Wildman–Crippen MR) is 154 cm³/mol. The molecular formula is C30H35N3O5S. The van der Waals surface area contributed by atoms with Crippen LogP contribution in [0.25, 0.3) is 0 Å². The van der Waals surface area contributed by atoms with Crippen LogP contribution in [0, 0.1) is 0 Å². The van der Waals surface area contributed by atoms with E-state index in [0.29, 0.717) is 32.4 Å².